The summed E-state index contributed by atoms with van der Waals surface area (Å²) in [5.41, 5.74) is 3.32. The summed E-state index contributed by atoms with van der Waals surface area (Å²) in [6.45, 7) is 9.46. The Morgan fingerprint density at radius 1 is 1.00 bits per heavy atom. The minimum Gasteiger partial charge on any atom is -0.358 e. The average molecular weight is 513 g/mol. The monoisotopic (exact) mass is 512 g/mol. The Kier molecular flexibility index (Phi) is 7.51. The van der Waals surface area contributed by atoms with Crippen molar-refractivity contribution in [3.63, 3.8) is 0 Å². The maximum atomic E-state index is 13.5. The summed E-state index contributed by atoms with van der Waals surface area (Å²) in [5.74, 6) is 0.194. The molecule has 8 heteroatoms. The van der Waals surface area contributed by atoms with Crippen LogP contribution in [0, 0.1) is 5.82 Å². The summed E-state index contributed by atoms with van der Waals surface area (Å²) in [4.78, 5) is 18.8. The van der Waals surface area contributed by atoms with Gasteiger partial charge in [-0.05, 0) is 93.7 Å². The Balaban J connectivity index is 1.22. The number of halogens is 2. The molecule has 0 N–H and O–H groups in total. The lowest BCUT2D eigenvalue weighted by atomic mass is 9.89. The van der Waals surface area contributed by atoms with Gasteiger partial charge in [-0.15, -0.1) is 0 Å². The molecule has 192 valence electrons. The summed E-state index contributed by atoms with van der Waals surface area (Å²) < 4.78 is 21.3. The molecule has 2 fully saturated rings. The van der Waals surface area contributed by atoms with Gasteiger partial charge in [0.15, 0.2) is 0 Å². The van der Waals surface area contributed by atoms with Gasteiger partial charge in [-0.25, -0.2) is 9.18 Å². The number of carbonyl (C=O) groups excluding carboxylic acids is 1. The lowest BCUT2D eigenvalue weighted by Crippen LogP contribution is -2.41. The van der Waals surface area contributed by atoms with Crippen molar-refractivity contribution in [1.82, 2.24) is 19.3 Å². The van der Waals surface area contributed by atoms with E-state index in [9.17, 15) is 9.18 Å². The van der Waals surface area contributed by atoms with Gasteiger partial charge in [-0.1, -0.05) is 11.6 Å². The quantitative estimate of drug-likeness (QED) is 0.387. The second-order valence-corrected chi connectivity index (χ2v) is 10.5. The van der Waals surface area contributed by atoms with E-state index in [1.165, 1.54) is 17.7 Å². The van der Waals surface area contributed by atoms with Crippen molar-refractivity contribution < 1.29 is 13.9 Å². The number of hydrogen-bond donors (Lipinski definition) is 0. The van der Waals surface area contributed by atoms with Crippen molar-refractivity contribution in [2.24, 2.45) is 0 Å². The Hall–Kier alpha value is -2.61. The van der Waals surface area contributed by atoms with Crippen molar-refractivity contribution in [2.45, 2.75) is 38.7 Å². The Morgan fingerprint density at radius 2 is 1.72 bits per heavy atom. The van der Waals surface area contributed by atoms with Gasteiger partial charge in [0.25, 0.3) is 0 Å². The van der Waals surface area contributed by atoms with E-state index in [1.54, 1.807) is 4.90 Å². The zero-order chi connectivity index (χ0) is 25.2. The van der Waals surface area contributed by atoms with Gasteiger partial charge in [0.1, 0.15) is 12.5 Å². The van der Waals surface area contributed by atoms with Crippen LogP contribution in [0.3, 0.4) is 0 Å². The molecule has 0 aliphatic carbocycles. The first kappa shape index (κ1) is 25.1. The smallest absolute Gasteiger partial charge is 0.322 e. The van der Waals surface area contributed by atoms with Gasteiger partial charge in [0.2, 0.25) is 0 Å². The van der Waals surface area contributed by atoms with Gasteiger partial charge in [0.05, 0.1) is 11.6 Å². The molecule has 2 aromatic carbocycles. The third-order valence-corrected chi connectivity index (χ3v) is 7.60. The van der Waals surface area contributed by atoms with Gasteiger partial charge in [-0.3, -0.25) is 4.90 Å². The zero-order valence-electron chi connectivity index (χ0n) is 21.0. The van der Waals surface area contributed by atoms with Crippen LogP contribution in [0.2, 0.25) is 5.02 Å². The van der Waals surface area contributed by atoms with E-state index in [0.717, 1.165) is 73.7 Å². The highest BCUT2D eigenvalue weighted by Crippen LogP contribution is 2.37. The fourth-order valence-electron chi connectivity index (χ4n) is 5.30. The van der Waals surface area contributed by atoms with Crippen LogP contribution in [0.25, 0.3) is 16.6 Å². The normalized spacial score (nSPS) is 17.8. The second-order valence-electron chi connectivity index (χ2n) is 10.1. The number of hydrogen-bond acceptors (Lipinski definition) is 3. The van der Waals surface area contributed by atoms with Crippen LogP contribution in [0.5, 0.6) is 0 Å². The van der Waals surface area contributed by atoms with Crippen LogP contribution in [0.4, 0.5) is 9.18 Å². The Morgan fingerprint density at radius 3 is 2.44 bits per heavy atom. The predicted molar refractivity (Wildman–Crippen MR) is 141 cm³/mol. The van der Waals surface area contributed by atoms with E-state index in [1.807, 2.05) is 49.1 Å². The first-order valence-electron chi connectivity index (χ1n) is 12.8. The van der Waals surface area contributed by atoms with Gasteiger partial charge < -0.3 is 19.1 Å². The third-order valence-electron chi connectivity index (χ3n) is 7.36. The zero-order valence-corrected chi connectivity index (χ0v) is 21.8. The number of benzene rings is 2. The van der Waals surface area contributed by atoms with E-state index in [2.05, 4.69) is 15.7 Å². The maximum absolute atomic E-state index is 13.5. The number of urea groups is 1. The molecule has 2 aliphatic rings. The topological polar surface area (TPSA) is 41.0 Å². The number of carbonyl (C=O) groups is 1. The summed E-state index contributed by atoms with van der Waals surface area (Å²) in [7, 11) is 0. The van der Waals surface area contributed by atoms with E-state index in [-0.39, 0.29) is 18.0 Å². The van der Waals surface area contributed by atoms with Crippen LogP contribution >= 0.6 is 11.6 Å². The summed E-state index contributed by atoms with van der Waals surface area (Å²) in [6, 6.07) is 12.7. The van der Waals surface area contributed by atoms with E-state index in [0.29, 0.717) is 12.6 Å². The number of amides is 2. The van der Waals surface area contributed by atoms with Crippen LogP contribution in [-0.4, -0.2) is 77.4 Å². The molecule has 0 radical (unpaired) electrons. The van der Waals surface area contributed by atoms with Crippen LogP contribution in [0.1, 0.15) is 38.2 Å². The van der Waals surface area contributed by atoms with E-state index < -0.39 is 0 Å². The van der Waals surface area contributed by atoms with Gasteiger partial charge >= 0.3 is 6.03 Å². The molecule has 0 bridgehead atoms. The molecule has 0 unspecified atom stereocenters. The van der Waals surface area contributed by atoms with E-state index in [4.69, 9.17) is 16.3 Å². The molecule has 3 heterocycles. The highest BCUT2D eigenvalue weighted by atomic mass is 35.5. The fourth-order valence-corrected chi connectivity index (χ4v) is 5.47. The van der Waals surface area contributed by atoms with Crippen molar-refractivity contribution in [2.75, 3.05) is 46.0 Å². The number of piperidine rings is 1. The van der Waals surface area contributed by atoms with Gasteiger partial charge in [0, 0.05) is 48.5 Å². The number of likely N-dealkylation sites (tertiary alicyclic amines) is 1. The van der Waals surface area contributed by atoms with Crippen LogP contribution in [-0.2, 0) is 4.74 Å². The third kappa shape index (κ3) is 5.38. The molecule has 2 amide bonds. The van der Waals surface area contributed by atoms with Crippen LogP contribution in [0.15, 0.2) is 48.7 Å². The molecule has 2 aliphatic heterocycles. The number of rotatable bonds is 8. The summed E-state index contributed by atoms with van der Waals surface area (Å²) in [5, 5.41) is 1.89. The standard InChI is InChI=1S/C28H34ClFN4O2/c1-20(2)36-19-33-16-15-32(28(33)35)14-13-31-11-9-21(10-12-31)26-18-34(24-6-4-23(30)5-7-24)27-8-3-22(29)17-25(26)27/h3-8,17-18,20-21H,9-16,19H2,1-2H3. The summed E-state index contributed by atoms with van der Waals surface area (Å²) in [6.07, 6.45) is 4.42. The minimum atomic E-state index is -0.238. The highest BCUT2D eigenvalue weighted by molar-refractivity contribution is 6.31. The first-order valence-corrected chi connectivity index (χ1v) is 13.2. The van der Waals surface area contributed by atoms with Crippen molar-refractivity contribution in [3.05, 3.63) is 65.1 Å². The lowest BCUT2D eigenvalue weighted by molar-refractivity contribution is 0.0171. The molecule has 0 atom stereocenters. The number of aromatic nitrogens is 1. The second kappa shape index (κ2) is 10.8. The molecule has 6 nitrogen and oxygen atoms in total. The van der Waals surface area contributed by atoms with Crippen molar-refractivity contribution in [3.8, 4) is 5.69 Å². The number of nitrogens with zero attached hydrogens (tertiary/aromatic N) is 4. The van der Waals surface area contributed by atoms with Gasteiger partial charge in [-0.2, -0.15) is 0 Å². The molecule has 3 aromatic rings. The lowest BCUT2D eigenvalue weighted by Gasteiger charge is -2.33. The molecule has 0 saturated carbocycles. The number of ether oxygens (including phenoxy) is 1. The highest BCUT2D eigenvalue weighted by Gasteiger charge is 2.30. The van der Waals surface area contributed by atoms with Crippen molar-refractivity contribution in [1.29, 1.82) is 0 Å². The molecule has 0 spiro atoms. The number of fused-ring (bicyclic) bond motifs is 1. The van der Waals surface area contributed by atoms with Crippen LogP contribution < -0.4 is 0 Å². The predicted octanol–water partition coefficient (Wildman–Crippen LogP) is 5.72. The molecular weight excluding hydrogens is 479 g/mol. The largest absolute Gasteiger partial charge is 0.358 e. The SMILES string of the molecule is CC(C)OCN1CCN(CCN2CCC(c3cn(-c4ccc(F)cc4)c4ccc(Cl)cc34)CC2)C1=O. The van der Waals surface area contributed by atoms with E-state index >= 15 is 0 Å². The first-order chi connectivity index (χ1) is 17.4. The fraction of sp³-hybridized carbons (Fsp3) is 0.464. The molecule has 1 aromatic heterocycles. The average Bonchev–Trinajstić information content (AvgIpc) is 3.42. The summed E-state index contributed by atoms with van der Waals surface area (Å²) >= 11 is 6.38. The Bertz CT molecular complexity index is 1200. The molecule has 36 heavy (non-hydrogen) atoms. The molecular formula is C28H34ClFN4O2. The Labute approximate surface area is 217 Å². The minimum absolute atomic E-state index is 0.0796. The molecule has 2 saturated heterocycles. The molecule has 5 rings (SSSR count). The maximum Gasteiger partial charge on any atom is 0.322 e. The van der Waals surface area contributed by atoms with Crippen molar-refractivity contribution >= 4 is 28.5 Å².